The third-order valence-corrected chi connectivity index (χ3v) is 4.78. The van der Waals surface area contributed by atoms with Gasteiger partial charge < -0.3 is 15.5 Å². The van der Waals surface area contributed by atoms with E-state index in [9.17, 15) is 4.79 Å². The molecular formula is C18H18ClN3O. The van der Waals surface area contributed by atoms with Crippen molar-refractivity contribution in [1.29, 1.82) is 0 Å². The van der Waals surface area contributed by atoms with Crippen LogP contribution in [0.5, 0.6) is 0 Å². The van der Waals surface area contributed by atoms with E-state index in [-0.39, 0.29) is 11.9 Å². The number of fused-ring (bicyclic) bond motifs is 3. The summed E-state index contributed by atoms with van der Waals surface area (Å²) < 4.78 is 0. The highest BCUT2D eigenvalue weighted by molar-refractivity contribution is 6.30. The molecule has 1 saturated heterocycles. The number of nitrogens with zero attached hydrogens (tertiary/aromatic N) is 1. The number of hydrogen-bond acceptors (Lipinski definition) is 3. The van der Waals surface area contributed by atoms with Crippen molar-refractivity contribution < 1.29 is 4.79 Å². The molecule has 4 nitrogen and oxygen atoms in total. The van der Waals surface area contributed by atoms with Crippen molar-refractivity contribution in [2.75, 3.05) is 29.9 Å². The van der Waals surface area contributed by atoms with E-state index in [1.165, 1.54) is 0 Å². The van der Waals surface area contributed by atoms with E-state index >= 15 is 0 Å². The molecule has 0 aliphatic carbocycles. The molecule has 2 N–H and O–H groups in total. The van der Waals surface area contributed by atoms with Crippen molar-refractivity contribution in [2.24, 2.45) is 0 Å². The zero-order valence-electron chi connectivity index (χ0n) is 12.7. The fourth-order valence-corrected chi connectivity index (χ4v) is 3.51. The molecule has 0 spiro atoms. The van der Waals surface area contributed by atoms with Gasteiger partial charge in [0.1, 0.15) is 0 Å². The second-order valence-electron chi connectivity index (χ2n) is 6.04. The Kier molecular flexibility index (Phi) is 3.71. The second kappa shape index (κ2) is 5.87. The number of anilines is 2. The van der Waals surface area contributed by atoms with E-state index in [4.69, 9.17) is 11.6 Å². The van der Waals surface area contributed by atoms with Crippen molar-refractivity contribution in [2.45, 2.75) is 12.5 Å². The highest BCUT2D eigenvalue weighted by Gasteiger charge is 2.29. The zero-order chi connectivity index (χ0) is 15.8. The molecule has 0 bridgehead atoms. The maximum Gasteiger partial charge on any atom is 0.226 e. The molecule has 0 radical (unpaired) electrons. The summed E-state index contributed by atoms with van der Waals surface area (Å²) >= 11 is 5.96. The molecule has 118 valence electrons. The molecule has 1 amide bonds. The first-order valence-electron chi connectivity index (χ1n) is 7.88. The van der Waals surface area contributed by atoms with Gasteiger partial charge in [0.2, 0.25) is 5.91 Å². The van der Waals surface area contributed by atoms with Gasteiger partial charge in [0, 0.05) is 31.1 Å². The number of carbonyl (C=O) groups excluding carboxylic acids is 1. The number of nitrogens with one attached hydrogen (secondary N) is 2. The van der Waals surface area contributed by atoms with Crippen molar-refractivity contribution in [1.82, 2.24) is 5.32 Å². The minimum absolute atomic E-state index is 0.0794. The summed E-state index contributed by atoms with van der Waals surface area (Å²) in [5.41, 5.74) is 4.17. The molecule has 2 aliphatic heterocycles. The molecule has 0 aromatic heterocycles. The monoisotopic (exact) mass is 327 g/mol. The Morgan fingerprint density at radius 1 is 1.09 bits per heavy atom. The van der Waals surface area contributed by atoms with E-state index in [2.05, 4.69) is 33.7 Å². The van der Waals surface area contributed by atoms with Gasteiger partial charge in [0.15, 0.2) is 0 Å². The Labute approximate surface area is 140 Å². The Balaban J connectivity index is 1.75. The zero-order valence-corrected chi connectivity index (χ0v) is 13.4. The van der Waals surface area contributed by atoms with Crippen LogP contribution in [0.2, 0.25) is 5.02 Å². The van der Waals surface area contributed by atoms with Crippen LogP contribution in [0.3, 0.4) is 0 Å². The molecule has 2 aromatic rings. The van der Waals surface area contributed by atoms with Gasteiger partial charge in [-0.1, -0.05) is 29.8 Å². The molecule has 4 rings (SSSR count). The molecule has 2 aromatic carbocycles. The first-order chi connectivity index (χ1) is 11.2. The molecule has 5 heteroatoms. The lowest BCUT2D eigenvalue weighted by Gasteiger charge is -2.36. The van der Waals surface area contributed by atoms with E-state index < -0.39 is 0 Å². The Bertz CT molecular complexity index is 744. The van der Waals surface area contributed by atoms with Gasteiger partial charge in [-0.3, -0.25) is 4.79 Å². The van der Waals surface area contributed by atoms with Gasteiger partial charge in [-0.25, -0.2) is 0 Å². The van der Waals surface area contributed by atoms with Crippen molar-refractivity contribution in [3.63, 3.8) is 0 Å². The number of piperazine rings is 1. The number of benzene rings is 2. The van der Waals surface area contributed by atoms with Gasteiger partial charge in [-0.15, -0.1) is 0 Å². The smallest absolute Gasteiger partial charge is 0.226 e. The standard InChI is InChI=1S/C18H18ClN3O/c19-14-4-1-12(2-5-14)13-3-6-17-16(9-13)21-18(23)10-15-11-20-7-8-22(15)17/h1-6,9,15,20H,7-8,10-11H2,(H,21,23). The second-order valence-corrected chi connectivity index (χ2v) is 6.48. The van der Waals surface area contributed by atoms with Crippen LogP contribution in [-0.2, 0) is 4.79 Å². The van der Waals surface area contributed by atoms with Crippen molar-refractivity contribution >= 4 is 28.9 Å². The fraction of sp³-hybridized carbons (Fsp3) is 0.278. The summed E-state index contributed by atoms with van der Waals surface area (Å²) in [6.07, 6.45) is 0.526. The van der Waals surface area contributed by atoms with Gasteiger partial charge in [-0.05, 0) is 35.4 Å². The molecule has 1 fully saturated rings. The fourth-order valence-electron chi connectivity index (χ4n) is 3.38. The van der Waals surface area contributed by atoms with E-state index in [0.29, 0.717) is 6.42 Å². The highest BCUT2D eigenvalue weighted by atomic mass is 35.5. The number of halogens is 1. The molecule has 23 heavy (non-hydrogen) atoms. The van der Waals surface area contributed by atoms with Crippen LogP contribution in [0.25, 0.3) is 11.1 Å². The van der Waals surface area contributed by atoms with Crippen LogP contribution in [-0.4, -0.2) is 31.6 Å². The van der Waals surface area contributed by atoms with Gasteiger partial charge in [0.05, 0.1) is 17.4 Å². The largest absolute Gasteiger partial charge is 0.364 e. The predicted molar refractivity (Wildman–Crippen MR) is 94.1 cm³/mol. The molecule has 1 unspecified atom stereocenters. The van der Waals surface area contributed by atoms with Crippen LogP contribution in [0.4, 0.5) is 11.4 Å². The summed E-state index contributed by atoms with van der Waals surface area (Å²) in [7, 11) is 0. The normalized spacial score (nSPS) is 20.3. The first kappa shape index (κ1) is 14.5. The average Bonchev–Trinajstić information content (AvgIpc) is 2.70. The SMILES string of the molecule is O=C1CC2CNCCN2c2ccc(-c3ccc(Cl)cc3)cc2N1. The minimum atomic E-state index is 0.0794. The maximum atomic E-state index is 12.2. The quantitative estimate of drug-likeness (QED) is 0.846. The van der Waals surface area contributed by atoms with E-state index in [1.54, 1.807) is 0 Å². The van der Waals surface area contributed by atoms with Crippen LogP contribution in [0.15, 0.2) is 42.5 Å². The lowest BCUT2D eigenvalue weighted by Crippen LogP contribution is -2.51. The summed E-state index contributed by atoms with van der Waals surface area (Å²) in [6, 6.07) is 14.3. The number of hydrogen-bond donors (Lipinski definition) is 2. The molecule has 0 saturated carbocycles. The first-order valence-corrected chi connectivity index (χ1v) is 8.26. The van der Waals surface area contributed by atoms with Gasteiger partial charge in [-0.2, -0.15) is 0 Å². The average molecular weight is 328 g/mol. The highest BCUT2D eigenvalue weighted by Crippen LogP contribution is 2.35. The van der Waals surface area contributed by atoms with E-state index in [0.717, 1.165) is 47.2 Å². The van der Waals surface area contributed by atoms with Crippen LogP contribution >= 0.6 is 11.6 Å². The van der Waals surface area contributed by atoms with E-state index in [1.807, 2.05) is 24.3 Å². The maximum absolute atomic E-state index is 12.2. The molecular weight excluding hydrogens is 310 g/mol. The number of rotatable bonds is 1. The Hall–Kier alpha value is -2.04. The summed E-state index contributed by atoms with van der Waals surface area (Å²) in [5, 5.41) is 7.16. The third-order valence-electron chi connectivity index (χ3n) is 4.53. The van der Waals surface area contributed by atoms with Crippen molar-refractivity contribution in [3.8, 4) is 11.1 Å². The Morgan fingerprint density at radius 2 is 1.87 bits per heavy atom. The van der Waals surface area contributed by atoms with Crippen LogP contribution < -0.4 is 15.5 Å². The van der Waals surface area contributed by atoms with Crippen LogP contribution in [0.1, 0.15) is 6.42 Å². The third kappa shape index (κ3) is 2.80. The number of carbonyl (C=O) groups is 1. The predicted octanol–water partition coefficient (Wildman–Crippen LogP) is 3.13. The Morgan fingerprint density at radius 3 is 2.70 bits per heavy atom. The summed E-state index contributed by atoms with van der Waals surface area (Å²) in [5.74, 6) is 0.0794. The topological polar surface area (TPSA) is 44.4 Å². The van der Waals surface area contributed by atoms with Crippen molar-refractivity contribution in [3.05, 3.63) is 47.5 Å². The van der Waals surface area contributed by atoms with Gasteiger partial charge in [0.25, 0.3) is 0 Å². The lowest BCUT2D eigenvalue weighted by atomic mass is 10.0. The van der Waals surface area contributed by atoms with Crippen LogP contribution in [0, 0.1) is 0 Å². The number of amides is 1. The lowest BCUT2D eigenvalue weighted by molar-refractivity contribution is -0.116. The summed E-state index contributed by atoms with van der Waals surface area (Å²) in [6.45, 7) is 2.72. The molecule has 2 heterocycles. The minimum Gasteiger partial charge on any atom is -0.364 e. The van der Waals surface area contributed by atoms with Gasteiger partial charge >= 0.3 is 0 Å². The summed E-state index contributed by atoms with van der Waals surface area (Å²) in [4.78, 5) is 14.6. The molecule has 2 aliphatic rings. The molecule has 1 atom stereocenters.